The summed E-state index contributed by atoms with van der Waals surface area (Å²) in [6.07, 6.45) is -0.0404. The summed E-state index contributed by atoms with van der Waals surface area (Å²) < 4.78 is 5.12. The molecule has 0 aliphatic carbocycles. The van der Waals surface area contributed by atoms with Gasteiger partial charge in [-0.05, 0) is 39.7 Å². The molecular weight excluding hydrogens is 340 g/mol. The number of rotatable bonds is 5. The van der Waals surface area contributed by atoms with E-state index < -0.39 is 16.9 Å². The Hall–Kier alpha value is -2.02. The van der Waals surface area contributed by atoms with Gasteiger partial charge in [0.05, 0.1) is 5.25 Å². The Bertz CT molecular complexity index is 652. The van der Waals surface area contributed by atoms with Crippen LogP contribution in [0, 0.1) is 6.92 Å². The molecule has 0 radical (unpaired) electrons. The Morgan fingerprint density at radius 2 is 1.88 bits per heavy atom. The van der Waals surface area contributed by atoms with Crippen LogP contribution in [0.15, 0.2) is 24.3 Å². The number of carbonyl (C=O) groups excluding carboxylic acids is 3. The molecule has 7 heteroatoms. The number of aryl methyl sites for hydroxylation is 1. The number of alkyl carbamates (subject to hydrolysis) is 1. The molecule has 1 heterocycles. The molecule has 6 nitrogen and oxygen atoms in total. The van der Waals surface area contributed by atoms with Crippen LogP contribution in [-0.2, 0) is 16.0 Å². The number of carbonyl (C=O) groups is 3. The highest BCUT2D eigenvalue weighted by atomic mass is 32.2. The van der Waals surface area contributed by atoms with Crippen molar-refractivity contribution in [2.24, 2.45) is 0 Å². The molecular formula is C18H24N2O4S. The summed E-state index contributed by atoms with van der Waals surface area (Å²) in [6, 6.07) is 7.92. The van der Waals surface area contributed by atoms with Gasteiger partial charge in [0.15, 0.2) is 0 Å². The van der Waals surface area contributed by atoms with Crippen LogP contribution in [-0.4, -0.2) is 46.1 Å². The molecule has 1 aromatic carbocycles. The normalized spacial score (nSPS) is 17.8. The van der Waals surface area contributed by atoms with E-state index in [1.54, 1.807) is 20.8 Å². The molecule has 1 aromatic rings. The van der Waals surface area contributed by atoms with Crippen molar-refractivity contribution in [1.82, 2.24) is 10.2 Å². The van der Waals surface area contributed by atoms with Crippen LogP contribution in [0.4, 0.5) is 9.59 Å². The van der Waals surface area contributed by atoms with Crippen molar-refractivity contribution in [3.63, 3.8) is 0 Å². The molecule has 3 amide bonds. The quantitative estimate of drug-likeness (QED) is 0.869. The number of ether oxygens (including phenoxy) is 1. The van der Waals surface area contributed by atoms with Gasteiger partial charge < -0.3 is 10.1 Å². The highest BCUT2D eigenvalue weighted by Gasteiger charge is 2.39. The van der Waals surface area contributed by atoms with Crippen LogP contribution in [0.3, 0.4) is 0 Å². The first-order chi connectivity index (χ1) is 11.7. The summed E-state index contributed by atoms with van der Waals surface area (Å²) in [5.41, 5.74) is 1.59. The van der Waals surface area contributed by atoms with Crippen molar-refractivity contribution in [2.45, 2.75) is 45.0 Å². The lowest BCUT2D eigenvalue weighted by atomic mass is 10.1. The maximum atomic E-state index is 12.4. The van der Waals surface area contributed by atoms with E-state index in [9.17, 15) is 14.4 Å². The topological polar surface area (TPSA) is 75.7 Å². The zero-order valence-corrected chi connectivity index (χ0v) is 15.8. The van der Waals surface area contributed by atoms with Gasteiger partial charge in [-0.25, -0.2) is 4.79 Å². The molecule has 0 spiro atoms. The first-order valence-electron chi connectivity index (χ1n) is 8.20. The summed E-state index contributed by atoms with van der Waals surface area (Å²) in [4.78, 5) is 37.3. The van der Waals surface area contributed by atoms with E-state index in [-0.39, 0.29) is 24.2 Å². The highest BCUT2D eigenvalue weighted by Crippen LogP contribution is 2.29. The molecule has 1 aliphatic rings. The van der Waals surface area contributed by atoms with Gasteiger partial charge in [-0.2, -0.15) is 0 Å². The number of nitrogens with zero attached hydrogens (tertiary/aromatic N) is 1. The summed E-state index contributed by atoms with van der Waals surface area (Å²) in [7, 11) is 0. The first kappa shape index (κ1) is 19.3. The first-order valence-corrected chi connectivity index (χ1v) is 9.08. The summed E-state index contributed by atoms with van der Waals surface area (Å²) in [5, 5.41) is 1.89. The second kappa shape index (κ2) is 7.91. The van der Waals surface area contributed by atoms with E-state index in [1.807, 2.05) is 31.2 Å². The zero-order valence-electron chi connectivity index (χ0n) is 15.0. The van der Waals surface area contributed by atoms with Crippen molar-refractivity contribution in [1.29, 1.82) is 0 Å². The van der Waals surface area contributed by atoms with Gasteiger partial charge in [-0.3, -0.25) is 14.5 Å². The SMILES string of the molecule is Cc1ccc(CC2SC(=O)N(CCNC(=O)OC(C)(C)C)C2=O)cc1. The van der Waals surface area contributed by atoms with Crippen molar-refractivity contribution in [3.8, 4) is 0 Å². The van der Waals surface area contributed by atoms with Gasteiger partial charge in [0, 0.05) is 13.1 Å². The van der Waals surface area contributed by atoms with Crippen molar-refractivity contribution in [2.75, 3.05) is 13.1 Å². The number of hydrogen-bond donors (Lipinski definition) is 1. The Morgan fingerprint density at radius 1 is 1.24 bits per heavy atom. The Morgan fingerprint density at radius 3 is 2.48 bits per heavy atom. The van der Waals surface area contributed by atoms with Gasteiger partial charge in [-0.1, -0.05) is 41.6 Å². The molecule has 0 saturated carbocycles. The van der Waals surface area contributed by atoms with Crippen molar-refractivity contribution < 1.29 is 19.1 Å². The maximum Gasteiger partial charge on any atom is 0.407 e. The lowest BCUT2D eigenvalue weighted by Crippen LogP contribution is -2.40. The van der Waals surface area contributed by atoms with Gasteiger partial charge >= 0.3 is 6.09 Å². The van der Waals surface area contributed by atoms with E-state index in [0.717, 1.165) is 22.9 Å². The highest BCUT2D eigenvalue weighted by molar-refractivity contribution is 8.15. The van der Waals surface area contributed by atoms with Gasteiger partial charge in [0.2, 0.25) is 5.91 Å². The molecule has 25 heavy (non-hydrogen) atoms. The summed E-state index contributed by atoms with van der Waals surface area (Å²) >= 11 is 1.04. The molecule has 1 unspecified atom stereocenters. The number of thioether (sulfide) groups is 1. The van der Waals surface area contributed by atoms with Gasteiger partial charge in [-0.15, -0.1) is 0 Å². The fourth-order valence-electron chi connectivity index (χ4n) is 2.35. The molecule has 1 fully saturated rings. The van der Waals surface area contributed by atoms with Crippen LogP contribution in [0.5, 0.6) is 0 Å². The second-order valence-electron chi connectivity index (χ2n) is 6.98. The third kappa shape index (κ3) is 5.77. The summed E-state index contributed by atoms with van der Waals surface area (Å²) in [6.45, 7) is 7.63. The standard InChI is InChI=1S/C18H24N2O4S/c1-12-5-7-13(8-6-12)11-14-15(21)20(17(23)25-14)10-9-19-16(22)24-18(2,3)4/h5-8,14H,9-11H2,1-4H3,(H,19,22). The lowest BCUT2D eigenvalue weighted by Gasteiger charge is -2.20. The minimum atomic E-state index is -0.585. The number of hydrogen-bond acceptors (Lipinski definition) is 5. The van der Waals surface area contributed by atoms with Crippen molar-refractivity contribution >= 4 is 29.0 Å². The van der Waals surface area contributed by atoms with Crippen LogP contribution in [0.1, 0.15) is 31.9 Å². The van der Waals surface area contributed by atoms with Gasteiger partial charge in [0.25, 0.3) is 5.24 Å². The minimum absolute atomic E-state index is 0.147. The Balaban J connectivity index is 1.84. The van der Waals surface area contributed by atoms with Crippen LogP contribution >= 0.6 is 11.8 Å². The van der Waals surface area contributed by atoms with E-state index in [1.165, 1.54) is 4.90 Å². The fraction of sp³-hybridized carbons (Fsp3) is 0.500. The maximum absolute atomic E-state index is 12.4. The van der Waals surface area contributed by atoms with Gasteiger partial charge in [0.1, 0.15) is 5.60 Å². The third-order valence-electron chi connectivity index (χ3n) is 3.55. The number of amides is 3. The third-order valence-corrected chi connectivity index (χ3v) is 4.63. The second-order valence-corrected chi connectivity index (χ2v) is 8.13. The number of imide groups is 1. The minimum Gasteiger partial charge on any atom is -0.444 e. The Kier molecular flexibility index (Phi) is 6.11. The predicted molar refractivity (Wildman–Crippen MR) is 97.6 cm³/mol. The van der Waals surface area contributed by atoms with E-state index in [4.69, 9.17) is 4.74 Å². The van der Waals surface area contributed by atoms with E-state index in [0.29, 0.717) is 6.42 Å². The number of nitrogens with one attached hydrogen (secondary N) is 1. The molecule has 1 N–H and O–H groups in total. The molecule has 0 bridgehead atoms. The smallest absolute Gasteiger partial charge is 0.407 e. The predicted octanol–water partition coefficient (Wildman–Crippen LogP) is 3.13. The van der Waals surface area contributed by atoms with Crippen LogP contribution in [0.2, 0.25) is 0 Å². The molecule has 0 aromatic heterocycles. The zero-order chi connectivity index (χ0) is 18.6. The van der Waals surface area contributed by atoms with E-state index >= 15 is 0 Å². The van der Waals surface area contributed by atoms with Crippen molar-refractivity contribution in [3.05, 3.63) is 35.4 Å². The summed E-state index contributed by atoms with van der Waals surface area (Å²) in [5.74, 6) is -0.207. The molecule has 2 rings (SSSR count). The van der Waals surface area contributed by atoms with Crippen LogP contribution in [0.25, 0.3) is 0 Å². The molecule has 1 saturated heterocycles. The largest absolute Gasteiger partial charge is 0.444 e. The monoisotopic (exact) mass is 364 g/mol. The Labute approximate surface area is 152 Å². The molecule has 136 valence electrons. The number of benzene rings is 1. The molecule has 1 atom stereocenters. The fourth-order valence-corrected chi connectivity index (χ4v) is 3.41. The molecule has 1 aliphatic heterocycles. The van der Waals surface area contributed by atoms with E-state index in [2.05, 4.69) is 5.32 Å². The average Bonchev–Trinajstić information content (AvgIpc) is 2.75. The lowest BCUT2D eigenvalue weighted by molar-refractivity contribution is -0.126. The van der Waals surface area contributed by atoms with Crippen LogP contribution < -0.4 is 5.32 Å². The average molecular weight is 364 g/mol.